The van der Waals surface area contributed by atoms with E-state index in [0.29, 0.717) is 38.3 Å². The van der Waals surface area contributed by atoms with Crippen LogP contribution in [0.1, 0.15) is 44.1 Å². The number of Topliss-reactive ketones (excluding diaryl/α,β-unsaturated/α-hetero) is 1. The summed E-state index contributed by atoms with van der Waals surface area (Å²) in [4.78, 5) is 21.6. The zero-order valence-electron chi connectivity index (χ0n) is 17.6. The fourth-order valence-electron chi connectivity index (χ4n) is 3.83. The van der Waals surface area contributed by atoms with E-state index in [0.717, 1.165) is 5.56 Å². The van der Waals surface area contributed by atoms with Crippen molar-refractivity contribution in [2.24, 2.45) is 11.8 Å². The van der Waals surface area contributed by atoms with Crippen LogP contribution >= 0.6 is 7.37 Å². The summed E-state index contributed by atoms with van der Waals surface area (Å²) in [6.07, 6.45) is 9.36. The molecule has 0 aromatic heterocycles. The van der Waals surface area contributed by atoms with Crippen molar-refractivity contribution < 1.29 is 24.5 Å². The lowest BCUT2D eigenvalue weighted by molar-refractivity contribution is -0.121. The van der Waals surface area contributed by atoms with Gasteiger partial charge in [0, 0.05) is 25.2 Å². The molecule has 1 aromatic carbocycles. The molecular formula is C24H33O5P. The van der Waals surface area contributed by atoms with E-state index in [4.69, 9.17) is 0 Å². The molecule has 30 heavy (non-hydrogen) atoms. The quantitative estimate of drug-likeness (QED) is 0.211. The molecule has 2 rings (SSSR count). The predicted molar refractivity (Wildman–Crippen MR) is 120 cm³/mol. The number of hydrogen-bond donors (Lipinski definition) is 3. The Bertz CT molecular complexity index is 804. The van der Waals surface area contributed by atoms with E-state index < -0.39 is 19.6 Å². The van der Waals surface area contributed by atoms with Gasteiger partial charge < -0.3 is 15.1 Å². The molecule has 0 aliphatic heterocycles. The zero-order valence-corrected chi connectivity index (χ0v) is 18.5. The number of aliphatic hydroxyl groups excluding tert-OH is 2. The summed E-state index contributed by atoms with van der Waals surface area (Å²) in [5.74, 6) is -0.321. The Hall–Kier alpha value is -1.74. The van der Waals surface area contributed by atoms with Crippen LogP contribution < -0.4 is 0 Å². The summed E-state index contributed by atoms with van der Waals surface area (Å²) in [6.45, 7) is 1.36. The largest absolute Gasteiger partial charge is 0.392 e. The van der Waals surface area contributed by atoms with Crippen molar-refractivity contribution >= 4 is 19.2 Å². The van der Waals surface area contributed by atoms with Gasteiger partial charge in [-0.1, -0.05) is 42.5 Å². The number of carbonyl (C=O) groups is 1. The first kappa shape index (κ1) is 24.5. The van der Waals surface area contributed by atoms with Gasteiger partial charge in [0.2, 0.25) is 0 Å². The molecule has 5 nitrogen and oxygen atoms in total. The van der Waals surface area contributed by atoms with Crippen LogP contribution in [0.4, 0.5) is 0 Å². The Balaban J connectivity index is 1.81. The molecule has 1 fully saturated rings. The van der Waals surface area contributed by atoms with Gasteiger partial charge in [-0.3, -0.25) is 9.36 Å². The number of allylic oxidation sites excluding steroid dienone is 2. The standard InChI is InChI=1S/C24H33O5P/c1-30(28,29)17-8-3-2-7-14-21-22(24(27)18-23(21)26)16-15-20(25)13-9-12-19-10-5-4-6-11-19/h2,4-7,10-13,20-22,24-25,27H,3,8,14-18H2,1H3,(H,28,29)/b7-2-/t9?,20-,21+,22+,24+/m0/s1. The summed E-state index contributed by atoms with van der Waals surface area (Å²) >= 11 is 0. The van der Waals surface area contributed by atoms with Crippen LogP contribution in [0.5, 0.6) is 0 Å². The molecule has 6 heteroatoms. The van der Waals surface area contributed by atoms with Gasteiger partial charge in [-0.15, -0.1) is 5.73 Å². The molecule has 1 aromatic rings. The fraction of sp³-hybridized carbons (Fsp3) is 0.500. The number of benzene rings is 1. The molecule has 0 radical (unpaired) electrons. The second-order valence-electron chi connectivity index (χ2n) is 8.17. The average Bonchev–Trinajstić information content (AvgIpc) is 2.95. The van der Waals surface area contributed by atoms with Crippen molar-refractivity contribution in [3.63, 3.8) is 0 Å². The van der Waals surface area contributed by atoms with Crippen molar-refractivity contribution in [1.82, 2.24) is 0 Å². The van der Waals surface area contributed by atoms with E-state index in [1.807, 2.05) is 42.5 Å². The summed E-state index contributed by atoms with van der Waals surface area (Å²) in [7, 11) is -2.96. The predicted octanol–water partition coefficient (Wildman–Crippen LogP) is 4.19. The molecule has 3 N–H and O–H groups in total. The van der Waals surface area contributed by atoms with Crippen LogP contribution in [0.15, 0.2) is 54.3 Å². The third-order valence-corrected chi connectivity index (χ3v) is 6.62. The molecule has 0 amide bonds. The smallest absolute Gasteiger partial charge is 0.197 e. The van der Waals surface area contributed by atoms with E-state index in [-0.39, 0.29) is 24.0 Å². The molecular weight excluding hydrogens is 399 g/mol. The highest BCUT2D eigenvalue weighted by atomic mass is 31.2. The number of ketones is 1. The summed E-state index contributed by atoms with van der Waals surface area (Å²) in [5, 5.41) is 20.5. The minimum atomic E-state index is -2.96. The second-order valence-corrected chi connectivity index (χ2v) is 10.7. The molecule has 1 aliphatic rings. The van der Waals surface area contributed by atoms with E-state index in [9.17, 15) is 24.5 Å². The highest BCUT2D eigenvalue weighted by molar-refractivity contribution is 7.57. The number of unbranched alkanes of at least 4 members (excludes halogenated alkanes) is 1. The summed E-state index contributed by atoms with van der Waals surface area (Å²) in [6, 6.07) is 9.72. The normalized spacial score (nSPS) is 24.4. The second kappa shape index (κ2) is 12.2. The number of carbonyl (C=O) groups excluding carboxylic acids is 1. The minimum Gasteiger partial charge on any atom is -0.392 e. The van der Waals surface area contributed by atoms with E-state index in [2.05, 4.69) is 5.73 Å². The van der Waals surface area contributed by atoms with Gasteiger partial charge in [0.1, 0.15) is 5.78 Å². The number of aliphatic hydroxyl groups is 2. The molecule has 0 saturated heterocycles. The van der Waals surface area contributed by atoms with E-state index in [1.54, 1.807) is 12.2 Å². The number of hydrogen-bond acceptors (Lipinski definition) is 4. The Morgan fingerprint density at radius 3 is 2.70 bits per heavy atom. The lowest BCUT2D eigenvalue weighted by Gasteiger charge is -2.20. The summed E-state index contributed by atoms with van der Waals surface area (Å²) < 4.78 is 11.3. The Morgan fingerprint density at radius 2 is 2.00 bits per heavy atom. The molecule has 1 saturated carbocycles. The highest BCUT2D eigenvalue weighted by Crippen LogP contribution is 2.37. The average molecular weight is 432 g/mol. The first-order valence-corrected chi connectivity index (χ1v) is 12.9. The van der Waals surface area contributed by atoms with Crippen LogP contribution in [-0.2, 0) is 9.36 Å². The van der Waals surface area contributed by atoms with Gasteiger partial charge in [-0.25, -0.2) is 0 Å². The van der Waals surface area contributed by atoms with Gasteiger partial charge in [-0.05, 0) is 55.7 Å². The van der Waals surface area contributed by atoms with Crippen LogP contribution in [0, 0.1) is 11.8 Å². The maximum absolute atomic E-state index is 12.3. The van der Waals surface area contributed by atoms with Gasteiger partial charge in [0.15, 0.2) is 7.37 Å². The Labute approximate surface area is 179 Å². The van der Waals surface area contributed by atoms with Gasteiger partial charge in [-0.2, -0.15) is 0 Å². The highest BCUT2D eigenvalue weighted by Gasteiger charge is 2.40. The Morgan fingerprint density at radius 1 is 1.27 bits per heavy atom. The van der Waals surface area contributed by atoms with Gasteiger partial charge in [0.25, 0.3) is 0 Å². The van der Waals surface area contributed by atoms with Crippen molar-refractivity contribution in [2.75, 3.05) is 12.8 Å². The van der Waals surface area contributed by atoms with Crippen LogP contribution in [0.25, 0.3) is 6.08 Å². The number of rotatable bonds is 11. The van der Waals surface area contributed by atoms with Crippen molar-refractivity contribution in [1.29, 1.82) is 0 Å². The van der Waals surface area contributed by atoms with E-state index >= 15 is 0 Å². The minimum absolute atomic E-state index is 0.0690. The first-order valence-electron chi connectivity index (χ1n) is 10.6. The Kier molecular flexibility index (Phi) is 9.97. The third-order valence-electron chi connectivity index (χ3n) is 5.47. The lowest BCUT2D eigenvalue weighted by atomic mass is 9.86. The fourth-order valence-corrected chi connectivity index (χ4v) is 4.60. The maximum Gasteiger partial charge on any atom is 0.197 e. The molecule has 164 valence electrons. The molecule has 5 atom stereocenters. The summed E-state index contributed by atoms with van der Waals surface area (Å²) in [5.41, 5.74) is 4.00. The molecule has 0 bridgehead atoms. The molecule has 1 aliphatic carbocycles. The lowest BCUT2D eigenvalue weighted by Crippen LogP contribution is -2.21. The zero-order chi connectivity index (χ0) is 22.0. The monoisotopic (exact) mass is 432 g/mol. The SMILES string of the molecule is CP(=O)(O)CCC/C=C\C[C@H]1C(=O)C[C@@H](O)[C@@H]1CC[C@@H](O)C=C=Cc1ccccc1. The molecule has 0 heterocycles. The van der Waals surface area contributed by atoms with Gasteiger partial charge >= 0.3 is 0 Å². The van der Waals surface area contributed by atoms with Gasteiger partial charge in [0.05, 0.1) is 12.2 Å². The van der Waals surface area contributed by atoms with Crippen LogP contribution in [0.2, 0.25) is 0 Å². The molecule has 0 spiro atoms. The van der Waals surface area contributed by atoms with Crippen molar-refractivity contribution in [3.8, 4) is 0 Å². The van der Waals surface area contributed by atoms with Crippen LogP contribution in [0.3, 0.4) is 0 Å². The van der Waals surface area contributed by atoms with Crippen LogP contribution in [-0.4, -0.2) is 45.9 Å². The van der Waals surface area contributed by atoms with E-state index in [1.165, 1.54) is 6.66 Å². The maximum atomic E-state index is 12.3. The van der Waals surface area contributed by atoms with Crippen molar-refractivity contribution in [3.05, 3.63) is 59.9 Å². The third kappa shape index (κ3) is 8.95. The topological polar surface area (TPSA) is 94.8 Å². The molecule has 1 unspecified atom stereocenters. The first-order chi connectivity index (χ1) is 14.3. The van der Waals surface area contributed by atoms with Crippen molar-refractivity contribution in [2.45, 2.75) is 50.7 Å².